The van der Waals surface area contributed by atoms with Crippen LogP contribution in [0.1, 0.15) is 23.7 Å². The number of benzene rings is 1. The van der Waals surface area contributed by atoms with Crippen LogP contribution < -0.4 is 16.2 Å². The maximum Gasteiger partial charge on any atom is 0.160 e. The topological polar surface area (TPSA) is 71.7 Å². The molecule has 3 aromatic rings. The van der Waals surface area contributed by atoms with Gasteiger partial charge in [-0.2, -0.15) is 5.10 Å². The van der Waals surface area contributed by atoms with Crippen LogP contribution in [0, 0.1) is 5.92 Å². The lowest BCUT2D eigenvalue weighted by atomic mass is 9.95. The lowest BCUT2D eigenvalue weighted by Gasteiger charge is -2.20. The average molecular weight is 363 g/mol. The van der Waals surface area contributed by atoms with Gasteiger partial charge in [0.25, 0.3) is 0 Å². The molecule has 0 aliphatic carbocycles. The highest BCUT2D eigenvalue weighted by molar-refractivity contribution is 5.50. The van der Waals surface area contributed by atoms with Gasteiger partial charge >= 0.3 is 0 Å². The van der Waals surface area contributed by atoms with Crippen molar-refractivity contribution in [3.05, 3.63) is 60.0 Å². The summed E-state index contributed by atoms with van der Waals surface area (Å²) in [6.45, 7) is 4.72. The fourth-order valence-corrected chi connectivity index (χ4v) is 4.13. The van der Waals surface area contributed by atoms with E-state index in [1.165, 1.54) is 11.3 Å². The number of rotatable bonds is 4. The number of aromatic nitrogens is 4. The van der Waals surface area contributed by atoms with E-state index >= 15 is 0 Å². The van der Waals surface area contributed by atoms with E-state index in [2.05, 4.69) is 73.0 Å². The van der Waals surface area contributed by atoms with Crippen molar-refractivity contribution in [1.29, 1.82) is 0 Å². The Hall–Kier alpha value is -2.48. The third-order valence-electron chi connectivity index (χ3n) is 5.52. The molecule has 0 amide bonds. The molecule has 4 heterocycles. The normalized spacial score (nSPS) is 22.5. The summed E-state index contributed by atoms with van der Waals surface area (Å²) in [6.07, 6.45) is 5.06. The molecule has 1 aromatic carbocycles. The van der Waals surface area contributed by atoms with Crippen molar-refractivity contribution >= 4 is 0 Å². The first-order valence-corrected chi connectivity index (χ1v) is 9.71. The van der Waals surface area contributed by atoms with Gasteiger partial charge in [0.2, 0.25) is 0 Å². The summed E-state index contributed by atoms with van der Waals surface area (Å²) >= 11 is 0. The van der Waals surface area contributed by atoms with Crippen molar-refractivity contribution in [2.45, 2.75) is 32.1 Å². The third kappa shape index (κ3) is 3.29. The van der Waals surface area contributed by atoms with Gasteiger partial charge in [0.15, 0.2) is 5.82 Å². The van der Waals surface area contributed by atoms with Crippen LogP contribution in [0.5, 0.6) is 0 Å². The molecule has 2 atom stereocenters. The first-order valence-electron chi connectivity index (χ1n) is 9.71. The highest BCUT2D eigenvalue weighted by Gasteiger charge is 2.29. The molecular formula is C20H25N7. The molecule has 2 aliphatic heterocycles. The van der Waals surface area contributed by atoms with Gasteiger partial charge in [-0.1, -0.05) is 30.3 Å². The van der Waals surface area contributed by atoms with E-state index in [1.54, 1.807) is 0 Å². The quantitative estimate of drug-likeness (QED) is 0.658. The monoisotopic (exact) mass is 363 g/mol. The molecule has 0 saturated carbocycles. The summed E-state index contributed by atoms with van der Waals surface area (Å²) in [7, 11) is 0. The number of hydrogen-bond donors (Lipinski definition) is 3. The predicted molar refractivity (Wildman–Crippen MR) is 104 cm³/mol. The Bertz CT molecular complexity index is 875. The molecule has 7 nitrogen and oxygen atoms in total. The molecule has 2 unspecified atom stereocenters. The molecule has 0 spiro atoms. The number of aryl methyl sites for hydroxylation is 1. The summed E-state index contributed by atoms with van der Waals surface area (Å²) in [5.74, 6) is 1.40. The summed E-state index contributed by atoms with van der Waals surface area (Å²) in [4.78, 5) is 4.62. The fraction of sp³-hybridized carbons (Fsp3) is 0.400. The second-order valence-corrected chi connectivity index (χ2v) is 7.35. The maximum absolute atomic E-state index is 4.83. The van der Waals surface area contributed by atoms with Gasteiger partial charge in [0, 0.05) is 44.5 Å². The summed E-state index contributed by atoms with van der Waals surface area (Å²) in [5.41, 5.74) is 10.3. The van der Waals surface area contributed by atoms with Gasteiger partial charge < -0.3 is 9.88 Å². The van der Waals surface area contributed by atoms with Gasteiger partial charge in [-0.25, -0.2) is 10.4 Å². The van der Waals surface area contributed by atoms with Crippen molar-refractivity contribution in [3.8, 4) is 11.5 Å². The Morgan fingerprint density at radius 3 is 3.04 bits per heavy atom. The van der Waals surface area contributed by atoms with E-state index in [1.807, 2.05) is 6.20 Å². The molecule has 0 bridgehead atoms. The van der Waals surface area contributed by atoms with Gasteiger partial charge in [-0.05, 0) is 24.6 Å². The Labute approximate surface area is 158 Å². The van der Waals surface area contributed by atoms with Crippen LogP contribution >= 0.6 is 0 Å². The molecule has 2 aliphatic rings. The summed E-state index contributed by atoms with van der Waals surface area (Å²) in [5, 5.41) is 8.28. The zero-order chi connectivity index (χ0) is 18.1. The smallest absolute Gasteiger partial charge is 0.160 e. The minimum atomic E-state index is 0.296. The molecule has 2 aromatic heterocycles. The second-order valence-electron chi connectivity index (χ2n) is 7.35. The Kier molecular flexibility index (Phi) is 4.49. The van der Waals surface area contributed by atoms with Crippen LogP contribution in [-0.2, 0) is 19.6 Å². The molecule has 5 rings (SSSR count). The minimum Gasteiger partial charge on any atom is -0.329 e. The first kappa shape index (κ1) is 16.7. The van der Waals surface area contributed by atoms with Crippen molar-refractivity contribution < 1.29 is 0 Å². The standard InChI is InChI=1S/C20H25N7/c1-2-5-15(6-3-1)19-16(12-23-24-19)14-26-10-8-22-20(26)18-11-17-13-21-7-4-9-27(17)25-18/h1-3,5-6,8,10-11,16,19,21,23-24H,4,7,9,12-14H2. The van der Waals surface area contributed by atoms with Crippen LogP contribution in [0.3, 0.4) is 0 Å². The minimum absolute atomic E-state index is 0.296. The van der Waals surface area contributed by atoms with Crippen molar-refractivity contribution in [2.24, 2.45) is 5.92 Å². The molecule has 7 heteroatoms. The molecule has 3 N–H and O–H groups in total. The molecule has 1 fully saturated rings. The van der Waals surface area contributed by atoms with Crippen LogP contribution in [0.4, 0.5) is 0 Å². The molecule has 27 heavy (non-hydrogen) atoms. The Morgan fingerprint density at radius 2 is 2.11 bits per heavy atom. The molecule has 0 radical (unpaired) electrons. The van der Waals surface area contributed by atoms with Gasteiger partial charge in [-0.3, -0.25) is 10.1 Å². The fourth-order valence-electron chi connectivity index (χ4n) is 4.13. The Morgan fingerprint density at radius 1 is 1.19 bits per heavy atom. The van der Waals surface area contributed by atoms with E-state index in [9.17, 15) is 0 Å². The Balaban J connectivity index is 1.39. The SMILES string of the molecule is c1ccc(C2NNCC2Cn2ccnc2-c2cc3n(n2)CCCNC3)cc1. The molecule has 140 valence electrons. The average Bonchev–Trinajstić information content (AvgIpc) is 3.41. The largest absolute Gasteiger partial charge is 0.329 e. The predicted octanol–water partition coefficient (Wildman–Crippen LogP) is 1.71. The van der Waals surface area contributed by atoms with Gasteiger partial charge in [0.05, 0.1) is 11.7 Å². The highest BCUT2D eigenvalue weighted by atomic mass is 15.4. The lowest BCUT2D eigenvalue weighted by molar-refractivity contribution is 0.416. The summed E-state index contributed by atoms with van der Waals surface area (Å²) < 4.78 is 4.37. The van der Waals surface area contributed by atoms with Crippen LogP contribution in [0.15, 0.2) is 48.8 Å². The van der Waals surface area contributed by atoms with E-state index in [4.69, 9.17) is 5.10 Å². The maximum atomic E-state index is 4.83. The van der Waals surface area contributed by atoms with E-state index in [0.717, 1.165) is 50.7 Å². The van der Waals surface area contributed by atoms with Gasteiger partial charge in [0.1, 0.15) is 5.69 Å². The first-order chi connectivity index (χ1) is 13.4. The van der Waals surface area contributed by atoms with Crippen LogP contribution in [0.25, 0.3) is 11.5 Å². The lowest BCUT2D eigenvalue weighted by Crippen LogP contribution is -2.25. The summed E-state index contributed by atoms with van der Waals surface area (Å²) in [6, 6.07) is 13.1. The molecule has 1 saturated heterocycles. The van der Waals surface area contributed by atoms with E-state index < -0.39 is 0 Å². The highest BCUT2D eigenvalue weighted by Crippen LogP contribution is 2.28. The van der Waals surface area contributed by atoms with Crippen molar-refractivity contribution in [1.82, 2.24) is 35.5 Å². The molecular weight excluding hydrogens is 338 g/mol. The van der Waals surface area contributed by atoms with Crippen LogP contribution in [-0.4, -0.2) is 32.4 Å². The third-order valence-corrected chi connectivity index (χ3v) is 5.52. The van der Waals surface area contributed by atoms with Crippen LogP contribution in [0.2, 0.25) is 0 Å². The number of imidazole rings is 1. The zero-order valence-electron chi connectivity index (χ0n) is 15.3. The zero-order valence-corrected chi connectivity index (χ0v) is 15.3. The van der Waals surface area contributed by atoms with Crippen molar-refractivity contribution in [2.75, 3.05) is 13.1 Å². The number of hydrazine groups is 1. The number of nitrogens with one attached hydrogen (secondary N) is 3. The number of fused-ring (bicyclic) bond motifs is 1. The van der Waals surface area contributed by atoms with Crippen molar-refractivity contribution in [3.63, 3.8) is 0 Å². The van der Waals surface area contributed by atoms with E-state index in [-0.39, 0.29) is 0 Å². The van der Waals surface area contributed by atoms with E-state index in [0.29, 0.717) is 12.0 Å². The second kappa shape index (κ2) is 7.26. The number of hydrogen-bond acceptors (Lipinski definition) is 5. The van der Waals surface area contributed by atoms with Gasteiger partial charge in [-0.15, -0.1) is 0 Å². The number of nitrogens with zero attached hydrogens (tertiary/aromatic N) is 4.